The van der Waals surface area contributed by atoms with Gasteiger partial charge in [-0.2, -0.15) is 0 Å². The Balaban J connectivity index is 1.75. The Morgan fingerprint density at radius 1 is 1.44 bits per heavy atom. The van der Waals surface area contributed by atoms with Crippen LogP contribution in [-0.2, 0) is 9.53 Å². The lowest BCUT2D eigenvalue weighted by Gasteiger charge is -2.20. The Kier molecular flexibility index (Phi) is 4.25. The van der Waals surface area contributed by atoms with E-state index >= 15 is 0 Å². The topological polar surface area (TPSA) is 38.3 Å². The average molecular weight is 290 g/mol. The summed E-state index contributed by atoms with van der Waals surface area (Å²) in [5, 5.41) is 4.01. The third kappa shape index (κ3) is 2.98. The van der Waals surface area contributed by atoms with Crippen LogP contribution in [0.2, 0.25) is 0 Å². The molecule has 0 heterocycles. The molecule has 16 heavy (non-hydrogen) atoms. The summed E-state index contributed by atoms with van der Waals surface area (Å²) in [6.45, 7) is 0.608. The molecule has 3 unspecified atom stereocenters. The van der Waals surface area contributed by atoms with Crippen LogP contribution >= 0.6 is 15.9 Å². The first-order chi connectivity index (χ1) is 7.74. The minimum Gasteiger partial charge on any atom is -0.383 e. The highest BCUT2D eigenvalue weighted by Gasteiger charge is 2.48. The number of rotatable bonds is 6. The van der Waals surface area contributed by atoms with Gasteiger partial charge in [-0.3, -0.25) is 4.79 Å². The molecular formula is C12H20BrNO2. The van der Waals surface area contributed by atoms with Crippen LogP contribution < -0.4 is 5.32 Å². The van der Waals surface area contributed by atoms with Crippen molar-refractivity contribution in [2.45, 2.75) is 31.7 Å². The predicted molar refractivity (Wildman–Crippen MR) is 66.5 cm³/mol. The van der Waals surface area contributed by atoms with E-state index in [1.807, 2.05) is 0 Å². The molecule has 0 saturated heterocycles. The van der Waals surface area contributed by atoms with Crippen LogP contribution in [0, 0.1) is 17.8 Å². The lowest BCUT2D eigenvalue weighted by molar-refractivity contribution is -0.126. The Labute approximate surface area is 105 Å². The van der Waals surface area contributed by atoms with E-state index < -0.39 is 0 Å². The van der Waals surface area contributed by atoms with Crippen molar-refractivity contribution in [2.24, 2.45) is 17.8 Å². The van der Waals surface area contributed by atoms with Crippen molar-refractivity contribution >= 4 is 21.8 Å². The first-order valence-corrected chi connectivity index (χ1v) is 7.22. The highest BCUT2D eigenvalue weighted by molar-refractivity contribution is 9.09. The van der Waals surface area contributed by atoms with Crippen molar-refractivity contribution in [3.8, 4) is 0 Å². The van der Waals surface area contributed by atoms with Crippen molar-refractivity contribution < 1.29 is 9.53 Å². The van der Waals surface area contributed by atoms with Crippen LogP contribution in [0.25, 0.3) is 0 Å². The van der Waals surface area contributed by atoms with Gasteiger partial charge in [-0.25, -0.2) is 0 Å². The molecule has 2 rings (SSSR count). The number of halogens is 1. The van der Waals surface area contributed by atoms with Crippen LogP contribution in [0.3, 0.4) is 0 Å². The van der Waals surface area contributed by atoms with Crippen LogP contribution in [0.15, 0.2) is 0 Å². The monoisotopic (exact) mass is 289 g/mol. The Bertz CT molecular complexity index is 243. The molecule has 0 spiro atoms. The molecule has 3 atom stereocenters. The van der Waals surface area contributed by atoms with E-state index in [9.17, 15) is 4.79 Å². The minimum atomic E-state index is 0.161. The first-order valence-electron chi connectivity index (χ1n) is 6.09. The van der Waals surface area contributed by atoms with E-state index in [-0.39, 0.29) is 17.9 Å². The van der Waals surface area contributed by atoms with Gasteiger partial charge in [-0.1, -0.05) is 15.9 Å². The van der Waals surface area contributed by atoms with Gasteiger partial charge in [0.1, 0.15) is 0 Å². The molecule has 0 aliphatic heterocycles. The SMILES string of the molecule is COCC(CCBr)NC(=O)C1CC2CC2C1. The molecule has 92 valence electrons. The third-order valence-electron chi connectivity index (χ3n) is 3.79. The zero-order valence-corrected chi connectivity index (χ0v) is 11.3. The van der Waals surface area contributed by atoms with Gasteiger partial charge in [0.15, 0.2) is 0 Å². The van der Waals surface area contributed by atoms with E-state index in [0.29, 0.717) is 6.61 Å². The molecule has 0 bridgehead atoms. The van der Waals surface area contributed by atoms with E-state index in [2.05, 4.69) is 21.2 Å². The summed E-state index contributed by atoms with van der Waals surface area (Å²) in [6.07, 6.45) is 4.53. The zero-order valence-electron chi connectivity index (χ0n) is 9.75. The Morgan fingerprint density at radius 2 is 2.12 bits per heavy atom. The van der Waals surface area contributed by atoms with E-state index in [1.165, 1.54) is 6.42 Å². The third-order valence-corrected chi connectivity index (χ3v) is 4.24. The first kappa shape index (κ1) is 12.4. The number of hydrogen-bond donors (Lipinski definition) is 1. The highest BCUT2D eigenvalue weighted by atomic mass is 79.9. The number of alkyl halides is 1. The van der Waals surface area contributed by atoms with Crippen molar-refractivity contribution in [1.82, 2.24) is 5.32 Å². The van der Waals surface area contributed by atoms with Crippen molar-refractivity contribution in [3.63, 3.8) is 0 Å². The molecular weight excluding hydrogens is 270 g/mol. The molecule has 0 aromatic carbocycles. The maximum absolute atomic E-state index is 12.0. The summed E-state index contributed by atoms with van der Waals surface area (Å²) in [5.74, 6) is 2.26. The van der Waals surface area contributed by atoms with Crippen molar-refractivity contribution in [2.75, 3.05) is 19.0 Å². The van der Waals surface area contributed by atoms with E-state index in [4.69, 9.17) is 4.74 Å². The fraction of sp³-hybridized carbons (Fsp3) is 0.917. The molecule has 0 aromatic rings. The molecule has 0 radical (unpaired) electrons. The number of fused-ring (bicyclic) bond motifs is 1. The predicted octanol–water partition coefficient (Wildman–Crippen LogP) is 1.95. The smallest absolute Gasteiger partial charge is 0.223 e. The lowest BCUT2D eigenvalue weighted by Crippen LogP contribution is -2.41. The summed E-state index contributed by atoms with van der Waals surface area (Å²) >= 11 is 3.40. The van der Waals surface area contributed by atoms with Crippen molar-refractivity contribution in [3.05, 3.63) is 0 Å². The fourth-order valence-corrected chi connectivity index (χ4v) is 3.33. The second-order valence-electron chi connectivity index (χ2n) is 5.06. The van der Waals surface area contributed by atoms with Crippen LogP contribution in [-0.4, -0.2) is 31.0 Å². The number of carbonyl (C=O) groups excluding carboxylic acids is 1. The highest BCUT2D eigenvalue weighted by Crippen LogP contribution is 2.54. The van der Waals surface area contributed by atoms with Gasteiger partial charge in [-0.05, 0) is 37.5 Å². The summed E-state index contributed by atoms with van der Waals surface area (Å²) in [7, 11) is 1.68. The van der Waals surface area contributed by atoms with E-state index in [0.717, 1.165) is 36.4 Å². The molecule has 3 nitrogen and oxygen atoms in total. The minimum absolute atomic E-state index is 0.161. The number of carbonyl (C=O) groups is 1. The Hall–Kier alpha value is -0.0900. The van der Waals surface area contributed by atoms with Gasteiger partial charge < -0.3 is 10.1 Å². The number of nitrogens with one attached hydrogen (secondary N) is 1. The lowest BCUT2D eigenvalue weighted by atomic mass is 10.0. The normalized spacial score (nSPS) is 33.2. The molecule has 1 N–H and O–H groups in total. The molecule has 2 aliphatic rings. The quantitative estimate of drug-likeness (QED) is 0.759. The summed E-state index contributed by atoms with van der Waals surface area (Å²) in [5.41, 5.74) is 0. The summed E-state index contributed by atoms with van der Waals surface area (Å²) < 4.78 is 5.11. The molecule has 2 fully saturated rings. The standard InChI is InChI=1S/C12H20BrNO2/c1-16-7-11(2-3-13)14-12(15)10-5-8-4-9(8)6-10/h8-11H,2-7H2,1H3,(H,14,15). The van der Waals surface area contributed by atoms with Gasteiger partial charge >= 0.3 is 0 Å². The average Bonchev–Trinajstić information content (AvgIpc) is 2.86. The van der Waals surface area contributed by atoms with Crippen LogP contribution in [0.1, 0.15) is 25.7 Å². The maximum Gasteiger partial charge on any atom is 0.223 e. The van der Waals surface area contributed by atoms with Crippen molar-refractivity contribution in [1.29, 1.82) is 0 Å². The second kappa shape index (κ2) is 5.50. The number of hydrogen-bond acceptors (Lipinski definition) is 2. The maximum atomic E-state index is 12.0. The molecule has 0 aromatic heterocycles. The molecule has 2 saturated carbocycles. The van der Waals surface area contributed by atoms with Crippen LogP contribution in [0.5, 0.6) is 0 Å². The molecule has 1 amide bonds. The van der Waals surface area contributed by atoms with Gasteiger partial charge in [0, 0.05) is 18.4 Å². The number of ether oxygens (including phenoxy) is 1. The van der Waals surface area contributed by atoms with Gasteiger partial charge in [0.05, 0.1) is 12.6 Å². The number of methoxy groups -OCH3 is 1. The summed E-state index contributed by atoms with van der Waals surface area (Å²) in [6, 6.07) is 0.161. The van der Waals surface area contributed by atoms with Gasteiger partial charge in [0.25, 0.3) is 0 Å². The number of amides is 1. The second-order valence-corrected chi connectivity index (χ2v) is 5.86. The largest absolute Gasteiger partial charge is 0.383 e. The van der Waals surface area contributed by atoms with Gasteiger partial charge in [-0.15, -0.1) is 0 Å². The molecule has 2 aliphatic carbocycles. The van der Waals surface area contributed by atoms with Crippen LogP contribution in [0.4, 0.5) is 0 Å². The summed E-state index contributed by atoms with van der Waals surface area (Å²) in [4.78, 5) is 12.0. The molecule has 4 heteroatoms. The zero-order chi connectivity index (χ0) is 11.5. The van der Waals surface area contributed by atoms with E-state index in [1.54, 1.807) is 7.11 Å². The fourth-order valence-electron chi connectivity index (χ4n) is 2.78. The van der Waals surface area contributed by atoms with Gasteiger partial charge in [0.2, 0.25) is 5.91 Å². The Morgan fingerprint density at radius 3 is 2.69 bits per heavy atom.